The smallest absolute Gasteiger partial charge is 0.410 e. The number of carbonyl (C=O) groups excluding carboxylic acids is 2. The van der Waals surface area contributed by atoms with Crippen molar-refractivity contribution in [3.8, 4) is 6.07 Å². The molecule has 2 fully saturated rings. The average molecular weight is 565 g/mol. The molecule has 0 aromatic heterocycles. The summed E-state index contributed by atoms with van der Waals surface area (Å²) in [4.78, 5) is 30.3. The zero-order chi connectivity index (χ0) is 26.4. The summed E-state index contributed by atoms with van der Waals surface area (Å²) >= 11 is 3.51. The van der Waals surface area contributed by atoms with Crippen LogP contribution in [0.15, 0.2) is 40.9 Å². The van der Waals surface area contributed by atoms with Gasteiger partial charge in [0.25, 0.3) is 0 Å². The maximum Gasteiger partial charge on any atom is 0.410 e. The predicted molar refractivity (Wildman–Crippen MR) is 147 cm³/mol. The zero-order valence-electron chi connectivity index (χ0n) is 21.8. The van der Waals surface area contributed by atoms with Crippen LogP contribution in [0.4, 0.5) is 16.2 Å². The quantitative estimate of drug-likeness (QED) is 0.383. The van der Waals surface area contributed by atoms with E-state index in [0.717, 1.165) is 56.2 Å². The number of benzene rings is 2. The molecule has 2 amide bonds. The average Bonchev–Trinajstić information content (AvgIpc) is 3.10. The molecule has 37 heavy (non-hydrogen) atoms. The summed E-state index contributed by atoms with van der Waals surface area (Å²) in [6.07, 6.45) is 6.35. The first kappa shape index (κ1) is 25.8. The van der Waals surface area contributed by atoms with Crippen LogP contribution in [0.1, 0.15) is 88.3 Å². The fourth-order valence-corrected chi connectivity index (χ4v) is 6.68. The molecule has 5 rings (SSSR count). The van der Waals surface area contributed by atoms with Crippen molar-refractivity contribution in [3.63, 3.8) is 0 Å². The molecular formula is C30H34BrN3O3. The summed E-state index contributed by atoms with van der Waals surface area (Å²) in [5, 5.41) is 9.93. The summed E-state index contributed by atoms with van der Waals surface area (Å²) < 4.78 is 6.25. The lowest BCUT2D eigenvalue weighted by Crippen LogP contribution is -2.41. The standard InChI is InChI=1S/C30H34BrN3O3/c1-29(2,3)37-28(36)33-16-12-20(13-17-33)21-10-11-23-26(18-21)34(25-9-7-8-24(31)22(25)19-32)27(35)30(23)14-5-4-6-15-30/h7-11,18,20H,4-6,12-17H2,1-3H3. The Bertz CT molecular complexity index is 1260. The molecule has 0 bridgehead atoms. The van der Waals surface area contributed by atoms with Gasteiger partial charge < -0.3 is 9.64 Å². The van der Waals surface area contributed by atoms with Crippen molar-refractivity contribution in [2.75, 3.05) is 18.0 Å². The molecule has 3 aliphatic rings. The number of likely N-dealkylation sites (tertiary alicyclic amines) is 1. The number of ether oxygens (including phenoxy) is 1. The number of piperidine rings is 1. The predicted octanol–water partition coefficient (Wildman–Crippen LogP) is 7.32. The van der Waals surface area contributed by atoms with Gasteiger partial charge in [0.2, 0.25) is 5.91 Å². The second kappa shape index (κ2) is 9.79. The van der Waals surface area contributed by atoms with Crippen LogP contribution in [0.25, 0.3) is 0 Å². The molecular weight excluding hydrogens is 530 g/mol. The van der Waals surface area contributed by atoms with Crippen LogP contribution < -0.4 is 4.90 Å². The number of anilines is 2. The number of hydrogen-bond acceptors (Lipinski definition) is 4. The van der Waals surface area contributed by atoms with E-state index in [1.807, 2.05) is 43.9 Å². The molecule has 1 aliphatic carbocycles. The first-order valence-electron chi connectivity index (χ1n) is 13.3. The van der Waals surface area contributed by atoms with Crippen molar-refractivity contribution in [3.05, 3.63) is 57.6 Å². The first-order valence-corrected chi connectivity index (χ1v) is 14.1. The fraction of sp³-hybridized carbons (Fsp3) is 0.500. The van der Waals surface area contributed by atoms with E-state index < -0.39 is 11.0 Å². The van der Waals surface area contributed by atoms with E-state index in [9.17, 15) is 14.9 Å². The first-order chi connectivity index (χ1) is 17.6. The lowest BCUT2D eigenvalue weighted by molar-refractivity contribution is -0.123. The highest BCUT2D eigenvalue weighted by Crippen LogP contribution is 2.54. The van der Waals surface area contributed by atoms with E-state index in [0.29, 0.717) is 34.7 Å². The van der Waals surface area contributed by atoms with Gasteiger partial charge in [0.15, 0.2) is 0 Å². The summed E-state index contributed by atoms with van der Waals surface area (Å²) in [6.45, 7) is 6.95. The molecule has 7 heteroatoms. The minimum atomic E-state index is -0.513. The van der Waals surface area contributed by atoms with E-state index >= 15 is 0 Å². The van der Waals surface area contributed by atoms with Crippen LogP contribution in [-0.2, 0) is 14.9 Å². The van der Waals surface area contributed by atoms with Crippen molar-refractivity contribution >= 4 is 39.3 Å². The molecule has 2 aromatic rings. The Morgan fingerprint density at radius 1 is 1.08 bits per heavy atom. The van der Waals surface area contributed by atoms with Crippen molar-refractivity contribution in [2.24, 2.45) is 0 Å². The molecule has 0 radical (unpaired) electrons. The van der Waals surface area contributed by atoms with Crippen molar-refractivity contribution in [1.82, 2.24) is 4.90 Å². The fourth-order valence-electron chi connectivity index (χ4n) is 6.24. The summed E-state index contributed by atoms with van der Waals surface area (Å²) in [6, 6.07) is 14.4. The van der Waals surface area contributed by atoms with Gasteiger partial charge in [-0.3, -0.25) is 9.69 Å². The van der Waals surface area contributed by atoms with Gasteiger partial charge in [-0.15, -0.1) is 0 Å². The topological polar surface area (TPSA) is 73.6 Å². The normalized spacial score (nSPS) is 19.6. The third kappa shape index (κ3) is 4.65. The number of hydrogen-bond donors (Lipinski definition) is 0. The SMILES string of the molecule is CC(C)(C)OC(=O)N1CCC(c2ccc3c(c2)N(c2cccc(Br)c2C#N)C(=O)C32CCCCC2)CC1. The lowest BCUT2D eigenvalue weighted by atomic mass is 9.70. The zero-order valence-corrected chi connectivity index (χ0v) is 23.4. The van der Waals surface area contributed by atoms with E-state index in [4.69, 9.17) is 4.74 Å². The second-order valence-electron chi connectivity index (χ2n) is 11.5. The van der Waals surface area contributed by atoms with Gasteiger partial charge in [-0.2, -0.15) is 5.26 Å². The summed E-state index contributed by atoms with van der Waals surface area (Å²) in [5.74, 6) is 0.385. The Morgan fingerprint density at radius 2 is 1.78 bits per heavy atom. The second-order valence-corrected chi connectivity index (χ2v) is 12.4. The van der Waals surface area contributed by atoms with Crippen molar-refractivity contribution in [2.45, 2.75) is 82.7 Å². The van der Waals surface area contributed by atoms with Gasteiger partial charge in [-0.25, -0.2) is 4.79 Å². The Morgan fingerprint density at radius 3 is 2.43 bits per heavy atom. The molecule has 0 unspecified atom stereocenters. The number of nitriles is 1. The monoisotopic (exact) mass is 563 g/mol. The van der Waals surface area contributed by atoms with Gasteiger partial charge in [0.1, 0.15) is 11.7 Å². The molecule has 0 N–H and O–H groups in total. The molecule has 6 nitrogen and oxygen atoms in total. The van der Waals surface area contributed by atoms with Crippen LogP contribution in [0, 0.1) is 11.3 Å². The molecule has 1 saturated carbocycles. The van der Waals surface area contributed by atoms with Gasteiger partial charge in [-0.05, 0) is 97.6 Å². The minimum absolute atomic E-state index is 0.0914. The van der Waals surface area contributed by atoms with Crippen LogP contribution in [0.5, 0.6) is 0 Å². The number of nitrogens with zero attached hydrogens (tertiary/aromatic N) is 3. The number of rotatable bonds is 2. The molecule has 2 heterocycles. The Balaban J connectivity index is 1.48. The van der Waals surface area contributed by atoms with E-state index in [-0.39, 0.29) is 12.0 Å². The number of amides is 2. The van der Waals surface area contributed by atoms with Crippen LogP contribution >= 0.6 is 15.9 Å². The van der Waals surface area contributed by atoms with Crippen molar-refractivity contribution < 1.29 is 14.3 Å². The molecule has 194 valence electrons. The maximum atomic E-state index is 14.2. The minimum Gasteiger partial charge on any atom is -0.444 e. The Kier molecular flexibility index (Phi) is 6.83. The van der Waals surface area contributed by atoms with Crippen LogP contribution in [0.2, 0.25) is 0 Å². The number of carbonyl (C=O) groups is 2. The van der Waals surface area contributed by atoms with Crippen LogP contribution in [-0.4, -0.2) is 35.6 Å². The third-order valence-electron chi connectivity index (χ3n) is 8.06. The van der Waals surface area contributed by atoms with E-state index in [1.165, 1.54) is 5.56 Å². The number of halogens is 1. The summed E-state index contributed by atoms with van der Waals surface area (Å²) in [7, 11) is 0. The number of fused-ring (bicyclic) bond motifs is 2. The van der Waals surface area contributed by atoms with Gasteiger partial charge in [-0.1, -0.05) is 37.5 Å². The van der Waals surface area contributed by atoms with Gasteiger partial charge >= 0.3 is 6.09 Å². The lowest BCUT2D eigenvalue weighted by Gasteiger charge is -2.34. The van der Waals surface area contributed by atoms with Crippen LogP contribution in [0.3, 0.4) is 0 Å². The van der Waals surface area contributed by atoms with Gasteiger partial charge in [0, 0.05) is 17.6 Å². The van der Waals surface area contributed by atoms with Gasteiger partial charge in [0.05, 0.1) is 22.4 Å². The highest BCUT2D eigenvalue weighted by atomic mass is 79.9. The molecule has 0 atom stereocenters. The Labute approximate surface area is 227 Å². The van der Waals surface area contributed by atoms with Crippen molar-refractivity contribution in [1.29, 1.82) is 5.26 Å². The van der Waals surface area contributed by atoms with E-state index in [2.05, 4.69) is 40.2 Å². The highest BCUT2D eigenvalue weighted by molar-refractivity contribution is 9.10. The largest absolute Gasteiger partial charge is 0.444 e. The third-order valence-corrected chi connectivity index (χ3v) is 8.72. The molecule has 1 saturated heterocycles. The molecule has 2 aromatic carbocycles. The maximum absolute atomic E-state index is 14.2. The molecule has 1 spiro atoms. The molecule has 2 aliphatic heterocycles. The van der Waals surface area contributed by atoms with E-state index in [1.54, 1.807) is 4.90 Å². The summed E-state index contributed by atoms with van der Waals surface area (Å²) in [5.41, 5.74) is 3.29. The highest BCUT2D eigenvalue weighted by Gasteiger charge is 2.52. The Hall–Kier alpha value is -2.85.